The van der Waals surface area contributed by atoms with E-state index in [1.165, 1.54) is 5.56 Å². The summed E-state index contributed by atoms with van der Waals surface area (Å²) in [5, 5.41) is 0. The van der Waals surface area contributed by atoms with Gasteiger partial charge in [0.2, 0.25) is 0 Å². The first-order valence-electron chi connectivity index (χ1n) is 5.99. The fraction of sp³-hybridized carbons (Fsp3) is 0.538. The Morgan fingerprint density at radius 1 is 1.18 bits per heavy atom. The fourth-order valence-electron chi connectivity index (χ4n) is 1.78. The molecular weight excluding hydrogens is 234 g/mol. The summed E-state index contributed by atoms with van der Waals surface area (Å²) in [7, 11) is -2.96. The van der Waals surface area contributed by atoms with Crippen LogP contribution in [0.4, 0.5) is 0 Å². The van der Waals surface area contributed by atoms with Crippen LogP contribution in [0.3, 0.4) is 0 Å². The van der Waals surface area contributed by atoms with E-state index < -0.39 is 9.84 Å². The zero-order valence-electron chi connectivity index (χ0n) is 10.3. The van der Waals surface area contributed by atoms with Crippen molar-refractivity contribution in [2.45, 2.75) is 32.2 Å². The van der Waals surface area contributed by atoms with Crippen molar-refractivity contribution in [2.75, 3.05) is 11.5 Å². The molecule has 4 heteroatoms. The second-order valence-corrected chi connectivity index (χ2v) is 6.76. The SMILES string of the molecule is CC(N)CS(=O)(=O)CCCCc1ccccc1. The predicted octanol–water partition coefficient (Wildman–Crippen LogP) is 1.77. The lowest BCUT2D eigenvalue weighted by molar-refractivity contribution is 0.585. The monoisotopic (exact) mass is 255 g/mol. The maximum absolute atomic E-state index is 11.6. The van der Waals surface area contributed by atoms with E-state index in [4.69, 9.17) is 5.73 Å². The van der Waals surface area contributed by atoms with Crippen molar-refractivity contribution >= 4 is 9.84 Å². The second-order valence-electron chi connectivity index (χ2n) is 4.53. The van der Waals surface area contributed by atoms with Crippen molar-refractivity contribution in [3.05, 3.63) is 35.9 Å². The Balaban J connectivity index is 2.25. The van der Waals surface area contributed by atoms with Crippen LogP contribution in [0.5, 0.6) is 0 Å². The van der Waals surface area contributed by atoms with E-state index in [-0.39, 0.29) is 17.5 Å². The number of unbranched alkanes of at least 4 members (excludes halogenated alkanes) is 1. The summed E-state index contributed by atoms with van der Waals surface area (Å²) < 4.78 is 23.1. The zero-order chi connectivity index (χ0) is 12.7. The van der Waals surface area contributed by atoms with Crippen LogP contribution < -0.4 is 5.73 Å². The van der Waals surface area contributed by atoms with Crippen LogP contribution in [0, 0.1) is 0 Å². The van der Waals surface area contributed by atoms with Gasteiger partial charge < -0.3 is 5.73 Å². The average molecular weight is 255 g/mol. The van der Waals surface area contributed by atoms with Gasteiger partial charge >= 0.3 is 0 Å². The van der Waals surface area contributed by atoms with Gasteiger partial charge in [0.25, 0.3) is 0 Å². The second kappa shape index (κ2) is 6.77. The van der Waals surface area contributed by atoms with Gasteiger partial charge in [0.1, 0.15) is 0 Å². The highest BCUT2D eigenvalue weighted by molar-refractivity contribution is 7.91. The maximum Gasteiger partial charge on any atom is 0.151 e. The molecule has 0 aliphatic heterocycles. The van der Waals surface area contributed by atoms with Crippen LogP contribution in [0.15, 0.2) is 30.3 Å². The molecule has 0 saturated carbocycles. The molecular formula is C13H21NO2S. The number of sulfone groups is 1. The predicted molar refractivity (Wildman–Crippen MR) is 71.7 cm³/mol. The van der Waals surface area contributed by atoms with Gasteiger partial charge in [0, 0.05) is 6.04 Å². The first-order valence-corrected chi connectivity index (χ1v) is 7.82. The number of nitrogens with two attached hydrogens (primary N) is 1. The number of hydrogen-bond donors (Lipinski definition) is 1. The Labute approximate surface area is 104 Å². The summed E-state index contributed by atoms with van der Waals surface area (Å²) in [5.74, 6) is 0.347. The van der Waals surface area contributed by atoms with Crippen LogP contribution in [0.2, 0.25) is 0 Å². The molecule has 0 saturated heterocycles. The molecule has 1 atom stereocenters. The number of aryl methyl sites for hydroxylation is 1. The summed E-state index contributed by atoms with van der Waals surface area (Å²) in [6.07, 6.45) is 2.56. The Morgan fingerprint density at radius 3 is 2.41 bits per heavy atom. The largest absolute Gasteiger partial charge is 0.327 e. The van der Waals surface area contributed by atoms with Crippen LogP contribution in [-0.2, 0) is 16.3 Å². The molecule has 17 heavy (non-hydrogen) atoms. The van der Waals surface area contributed by atoms with Crippen molar-refractivity contribution in [3.8, 4) is 0 Å². The Morgan fingerprint density at radius 2 is 1.82 bits per heavy atom. The van der Waals surface area contributed by atoms with E-state index in [9.17, 15) is 8.42 Å². The molecule has 1 unspecified atom stereocenters. The third-order valence-electron chi connectivity index (χ3n) is 2.53. The Hall–Kier alpha value is -0.870. The fourth-order valence-corrected chi connectivity index (χ4v) is 3.39. The lowest BCUT2D eigenvalue weighted by Gasteiger charge is -2.06. The van der Waals surface area contributed by atoms with Crippen molar-refractivity contribution in [3.63, 3.8) is 0 Å². The normalized spacial score (nSPS) is 13.5. The van der Waals surface area contributed by atoms with Gasteiger partial charge in [0.15, 0.2) is 9.84 Å². The molecule has 2 N–H and O–H groups in total. The summed E-state index contributed by atoms with van der Waals surface area (Å²) in [6.45, 7) is 1.72. The van der Waals surface area contributed by atoms with Gasteiger partial charge in [0.05, 0.1) is 11.5 Å². The molecule has 1 aromatic rings. The highest BCUT2D eigenvalue weighted by Crippen LogP contribution is 2.06. The number of rotatable bonds is 7. The maximum atomic E-state index is 11.6. The molecule has 0 amide bonds. The molecule has 1 aromatic carbocycles. The molecule has 0 aromatic heterocycles. The molecule has 0 aliphatic rings. The lowest BCUT2D eigenvalue weighted by Crippen LogP contribution is -2.27. The summed E-state index contributed by atoms with van der Waals surface area (Å²) in [4.78, 5) is 0. The first kappa shape index (κ1) is 14.2. The third kappa shape index (κ3) is 6.44. The molecule has 0 radical (unpaired) electrons. The van der Waals surface area contributed by atoms with E-state index in [2.05, 4.69) is 12.1 Å². The van der Waals surface area contributed by atoms with E-state index in [0.717, 1.165) is 12.8 Å². The smallest absolute Gasteiger partial charge is 0.151 e. The minimum absolute atomic E-state index is 0.0956. The van der Waals surface area contributed by atoms with E-state index >= 15 is 0 Å². The zero-order valence-corrected chi connectivity index (χ0v) is 11.1. The molecule has 0 fully saturated rings. The van der Waals surface area contributed by atoms with E-state index in [0.29, 0.717) is 6.42 Å². The minimum Gasteiger partial charge on any atom is -0.327 e. The van der Waals surface area contributed by atoms with Crippen molar-refractivity contribution in [1.29, 1.82) is 0 Å². The molecule has 0 heterocycles. The molecule has 0 spiro atoms. The summed E-state index contributed by atoms with van der Waals surface area (Å²) in [5.41, 5.74) is 6.76. The first-order chi connectivity index (χ1) is 7.99. The average Bonchev–Trinajstić information content (AvgIpc) is 2.24. The van der Waals surface area contributed by atoms with Gasteiger partial charge in [-0.3, -0.25) is 0 Å². The van der Waals surface area contributed by atoms with Gasteiger partial charge in [-0.1, -0.05) is 30.3 Å². The minimum atomic E-state index is -2.96. The molecule has 3 nitrogen and oxygen atoms in total. The number of hydrogen-bond acceptors (Lipinski definition) is 3. The highest BCUT2D eigenvalue weighted by Gasteiger charge is 2.12. The van der Waals surface area contributed by atoms with Crippen molar-refractivity contribution in [2.24, 2.45) is 5.73 Å². The van der Waals surface area contributed by atoms with Gasteiger partial charge in [-0.25, -0.2) is 8.42 Å². The Bertz CT molecular complexity index is 412. The topological polar surface area (TPSA) is 60.2 Å². The molecule has 1 rings (SSSR count). The third-order valence-corrected chi connectivity index (χ3v) is 4.47. The van der Waals surface area contributed by atoms with Gasteiger partial charge in [-0.05, 0) is 31.7 Å². The van der Waals surface area contributed by atoms with Crippen LogP contribution in [-0.4, -0.2) is 26.0 Å². The summed E-state index contributed by atoms with van der Waals surface area (Å²) in [6, 6.07) is 9.85. The van der Waals surface area contributed by atoms with Gasteiger partial charge in [-0.2, -0.15) is 0 Å². The van der Waals surface area contributed by atoms with Crippen LogP contribution >= 0.6 is 0 Å². The number of benzene rings is 1. The van der Waals surface area contributed by atoms with Crippen molar-refractivity contribution in [1.82, 2.24) is 0 Å². The molecule has 96 valence electrons. The van der Waals surface area contributed by atoms with Crippen LogP contribution in [0.25, 0.3) is 0 Å². The summed E-state index contributed by atoms with van der Waals surface area (Å²) >= 11 is 0. The van der Waals surface area contributed by atoms with E-state index in [1.54, 1.807) is 6.92 Å². The standard InChI is InChI=1S/C13H21NO2S/c1-12(14)11-17(15,16)10-6-5-9-13-7-3-2-4-8-13/h2-4,7-8,12H,5-6,9-11,14H2,1H3. The van der Waals surface area contributed by atoms with E-state index in [1.807, 2.05) is 18.2 Å². The molecule has 0 aliphatic carbocycles. The van der Waals surface area contributed by atoms with Crippen molar-refractivity contribution < 1.29 is 8.42 Å². The quantitative estimate of drug-likeness (QED) is 0.755. The molecule has 0 bridgehead atoms. The van der Waals surface area contributed by atoms with Gasteiger partial charge in [-0.15, -0.1) is 0 Å². The lowest BCUT2D eigenvalue weighted by atomic mass is 10.1. The Kier molecular flexibility index (Phi) is 5.65. The van der Waals surface area contributed by atoms with Crippen LogP contribution in [0.1, 0.15) is 25.3 Å². The highest BCUT2D eigenvalue weighted by atomic mass is 32.2.